The van der Waals surface area contributed by atoms with E-state index in [4.69, 9.17) is 15.2 Å². The fourth-order valence-electron chi connectivity index (χ4n) is 2.23. The lowest BCUT2D eigenvalue weighted by Gasteiger charge is -2.24. The summed E-state index contributed by atoms with van der Waals surface area (Å²) in [6, 6.07) is 16.9. The monoisotopic (exact) mass is 328 g/mol. The van der Waals surface area contributed by atoms with Crippen molar-refractivity contribution in [3.63, 3.8) is 0 Å². The highest BCUT2D eigenvalue weighted by atomic mass is 16.5. The van der Waals surface area contributed by atoms with Crippen LogP contribution in [0.4, 0.5) is 0 Å². The summed E-state index contributed by atoms with van der Waals surface area (Å²) in [4.78, 5) is 12.4. The van der Waals surface area contributed by atoms with Crippen molar-refractivity contribution in [3.8, 4) is 5.75 Å². The molecule has 0 aliphatic heterocycles. The van der Waals surface area contributed by atoms with Crippen molar-refractivity contribution in [1.29, 1.82) is 0 Å². The molecule has 1 atom stereocenters. The molecule has 0 aromatic heterocycles. The van der Waals surface area contributed by atoms with Crippen LogP contribution in [0.1, 0.15) is 18.1 Å². The van der Waals surface area contributed by atoms with Crippen molar-refractivity contribution >= 4 is 5.91 Å². The molecule has 2 aromatic carbocycles. The van der Waals surface area contributed by atoms with Crippen molar-refractivity contribution < 1.29 is 14.3 Å². The van der Waals surface area contributed by atoms with Crippen LogP contribution in [0.5, 0.6) is 5.75 Å². The van der Waals surface area contributed by atoms with Crippen LogP contribution in [0.15, 0.2) is 54.6 Å². The van der Waals surface area contributed by atoms with E-state index in [1.807, 2.05) is 54.6 Å². The summed E-state index contributed by atoms with van der Waals surface area (Å²) in [7, 11) is 1.63. The Bertz CT molecular complexity index is 639. The van der Waals surface area contributed by atoms with Gasteiger partial charge in [-0.2, -0.15) is 0 Å². The minimum Gasteiger partial charge on any atom is -0.491 e. The summed E-state index contributed by atoms with van der Waals surface area (Å²) in [5.41, 5.74) is 6.89. The van der Waals surface area contributed by atoms with E-state index < -0.39 is 5.54 Å². The van der Waals surface area contributed by atoms with Crippen molar-refractivity contribution in [3.05, 3.63) is 65.7 Å². The first kappa shape index (κ1) is 18.0. The highest BCUT2D eigenvalue weighted by Gasteiger charge is 2.29. The lowest BCUT2D eigenvalue weighted by Crippen LogP contribution is -2.48. The molecule has 5 nitrogen and oxygen atoms in total. The van der Waals surface area contributed by atoms with E-state index in [9.17, 15) is 4.79 Å². The molecule has 128 valence electrons. The van der Waals surface area contributed by atoms with Gasteiger partial charge < -0.3 is 20.5 Å². The molecule has 2 aromatic rings. The second-order valence-corrected chi connectivity index (χ2v) is 5.74. The van der Waals surface area contributed by atoms with Crippen molar-refractivity contribution in [1.82, 2.24) is 5.32 Å². The molecule has 24 heavy (non-hydrogen) atoms. The van der Waals surface area contributed by atoms with Gasteiger partial charge in [0.05, 0.1) is 6.61 Å². The maximum Gasteiger partial charge on any atom is 0.244 e. The fourth-order valence-corrected chi connectivity index (χ4v) is 2.23. The summed E-state index contributed by atoms with van der Waals surface area (Å²) >= 11 is 0. The normalized spacial score (nSPS) is 13.1. The Morgan fingerprint density at radius 1 is 1.08 bits per heavy atom. The van der Waals surface area contributed by atoms with Crippen molar-refractivity contribution in [2.75, 3.05) is 20.3 Å². The number of hydrogen-bond donors (Lipinski definition) is 2. The third-order valence-electron chi connectivity index (χ3n) is 3.78. The van der Waals surface area contributed by atoms with Crippen LogP contribution >= 0.6 is 0 Å². The van der Waals surface area contributed by atoms with Gasteiger partial charge in [0.15, 0.2) is 0 Å². The number of nitrogens with two attached hydrogens (primary N) is 1. The summed E-state index contributed by atoms with van der Waals surface area (Å²) in [5, 5.41) is 2.88. The number of carbonyl (C=O) groups excluding carboxylic acids is 1. The quantitative estimate of drug-likeness (QED) is 0.729. The molecule has 1 amide bonds. The van der Waals surface area contributed by atoms with Gasteiger partial charge in [-0.1, -0.05) is 42.5 Å². The molecular formula is C19H24N2O3. The van der Waals surface area contributed by atoms with Crippen LogP contribution in [0.2, 0.25) is 0 Å². The van der Waals surface area contributed by atoms with E-state index in [1.165, 1.54) is 0 Å². The standard InChI is InChI=1S/C19H24N2O3/c1-19(20,16-6-4-3-5-7-16)18(22)21-14-15-8-10-17(11-9-15)24-13-12-23-2/h3-11H,12-14,20H2,1-2H3,(H,21,22). The number of amides is 1. The Labute approximate surface area is 142 Å². The van der Waals surface area contributed by atoms with E-state index in [-0.39, 0.29) is 5.91 Å². The number of hydrogen-bond acceptors (Lipinski definition) is 4. The first-order chi connectivity index (χ1) is 11.5. The molecule has 0 aliphatic rings. The maximum atomic E-state index is 12.4. The van der Waals surface area contributed by atoms with Gasteiger partial charge in [0.2, 0.25) is 5.91 Å². The maximum absolute atomic E-state index is 12.4. The zero-order valence-electron chi connectivity index (χ0n) is 14.1. The molecule has 0 spiro atoms. The summed E-state index contributed by atoms with van der Waals surface area (Å²) in [6.07, 6.45) is 0. The molecule has 0 radical (unpaired) electrons. The van der Waals surface area contributed by atoms with Crippen LogP contribution in [0.25, 0.3) is 0 Å². The topological polar surface area (TPSA) is 73.6 Å². The van der Waals surface area contributed by atoms with Crippen LogP contribution in [0.3, 0.4) is 0 Å². The van der Waals surface area contributed by atoms with Crippen molar-refractivity contribution in [2.24, 2.45) is 5.73 Å². The van der Waals surface area contributed by atoms with E-state index in [1.54, 1.807) is 14.0 Å². The third kappa shape index (κ3) is 4.81. The van der Waals surface area contributed by atoms with Crippen LogP contribution in [-0.2, 0) is 21.6 Å². The van der Waals surface area contributed by atoms with Crippen LogP contribution in [0, 0.1) is 0 Å². The zero-order chi connectivity index (χ0) is 17.4. The molecule has 0 fully saturated rings. The minimum atomic E-state index is -1.07. The second-order valence-electron chi connectivity index (χ2n) is 5.74. The summed E-state index contributed by atoms with van der Waals surface area (Å²) < 4.78 is 10.4. The number of carbonyl (C=O) groups is 1. The minimum absolute atomic E-state index is 0.214. The largest absolute Gasteiger partial charge is 0.491 e. The first-order valence-corrected chi connectivity index (χ1v) is 7.87. The SMILES string of the molecule is COCCOc1ccc(CNC(=O)C(C)(N)c2ccccc2)cc1. The Kier molecular flexibility index (Phi) is 6.35. The van der Waals surface area contributed by atoms with Gasteiger partial charge in [-0.3, -0.25) is 4.79 Å². The van der Waals surface area contributed by atoms with Crippen LogP contribution in [-0.4, -0.2) is 26.2 Å². The number of rotatable bonds is 8. The van der Waals surface area contributed by atoms with Crippen molar-refractivity contribution in [2.45, 2.75) is 19.0 Å². The molecule has 0 saturated carbocycles. The predicted octanol–water partition coefficient (Wildman–Crippen LogP) is 2.20. The lowest BCUT2D eigenvalue weighted by molar-refractivity contribution is -0.126. The number of ether oxygens (including phenoxy) is 2. The zero-order valence-corrected chi connectivity index (χ0v) is 14.1. The van der Waals surface area contributed by atoms with Gasteiger partial charge in [0, 0.05) is 13.7 Å². The number of benzene rings is 2. The second kappa shape index (κ2) is 8.47. The van der Waals surface area contributed by atoms with Gasteiger partial charge in [-0.15, -0.1) is 0 Å². The average molecular weight is 328 g/mol. The average Bonchev–Trinajstić information content (AvgIpc) is 2.61. The molecule has 5 heteroatoms. The van der Waals surface area contributed by atoms with Gasteiger partial charge in [-0.05, 0) is 30.2 Å². The lowest BCUT2D eigenvalue weighted by atomic mass is 9.92. The Hall–Kier alpha value is -2.37. The molecule has 0 bridgehead atoms. The summed E-state index contributed by atoms with van der Waals surface area (Å²) in [5.74, 6) is 0.559. The van der Waals surface area contributed by atoms with Gasteiger partial charge in [0.1, 0.15) is 17.9 Å². The molecular weight excluding hydrogens is 304 g/mol. The highest BCUT2D eigenvalue weighted by molar-refractivity contribution is 5.86. The Balaban J connectivity index is 1.89. The first-order valence-electron chi connectivity index (χ1n) is 7.87. The van der Waals surface area contributed by atoms with E-state index in [0.29, 0.717) is 19.8 Å². The molecule has 3 N–H and O–H groups in total. The smallest absolute Gasteiger partial charge is 0.244 e. The van der Waals surface area contributed by atoms with E-state index in [2.05, 4.69) is 5.32 Å². The Morgan fingerprint density at radius 2 is 1.75 bits per heavy atom. The van der Waals surface area contributed by atoms with Gasteiger partial charge in [0.25, 0.3) is 0 Å². The van der Waals surface area contributed by atoms with Gasteiger partial charge >= 0.3 is 0 Å². The van der Waals surface area contributed by atoms with Crippen LogP contribution < -0.4 is 15.8 Å². The highest BCUT2D eigenvalue weighted by Crippen LogP contribution is 2.18. The third-order valence-corrected chi connectivity index (χ3v) is 3.78. The van der Waals surface area contributed by atoms with Gasteiger partial charge in [-0.25, -0.2) is 0 Å². The molecule has 2 rings (SSSR count). The number of nitrogens with one attached hydrogen (secondary N) is 1. The van der Waals surface area contributed by atoms with E-state index in [0.717, 1.165) is 16.9 Å². The van der Waals surface area contributed by atoms with E-state index >= 15 is 0 Å². The Morgan fingerprint density at radius 3 is 2.38 bits per heavy atom. The molecule has 1 unspecified atom stereocenters. The molecule has 0 aliphatic carbocycles. The summed E-state index contributed by atoms with van der Waals surface area (Å²) in [6.45, 7) is 3.18. The predicted molar refractivity (Wildman–Crippen MR) is 93.6 cm³/mol. The fraction of sp³-hybridized carbons (Fsp3) is 0.316. The number of methoxy groups -OCH3 is 1. The molecule has 0 heterocycles. The molecule has 0 saturated heterocycles.